The average Bonchev–Trinajstić information content (AvgIpc) is 2.64. The first-order chi connectivity index (χ1) is 8.54. The lowest BCUT2D eigenvalue weighted by Gasteiger charge is -2.05. The van der Waals surface area contributed by atoms with Crippen LogP contribution >= 0.6 is 11.6 Å². The first kappa shape index (κ1) is 12.7. The molecule has 94 valence electrons. The molecule has 2 rings (SSSR count). The predicted octanol–water partition coefficient (Wildman–Crippen LogP) is 3.10. The molecule has 2 aromatic rings. The van der Waals surface area contributed by atoms with E-state index >= 15 is 0 Å². The Morgan fingerprint density at radius 2 is 2.22 bits per heavy atom. The summed E-state index contributed by atoms with van der Waals surface area (Å²) in [5.74, 6) is -0.499. The van der Waals surface area contributed by atoms with Crippen molar-refractivity contribution >= 4 is 34.6 Å². The number of fused-ring (bicyclic) bond motifs is 1. The average molecular weight is 267 g/mol. The highest BCUT2D eigenvalue weighted by molar-refractivity contribution is 6.34. The van der Waals surface area contributed by atoms with E-state index in [1.165, 1.54) is 12.2 Å². The fraction of sp³-hybridized carbons (Fsp3) is 0.154. The Kier molecular flexibility index (Phi) is 3.41. The van der Waals surface area contributed by atoms with Crippen molar-refractivity contribution in [3.05, 3.63) is 40.1 Å². The molecule has 0 aliphatic heterocycles. The van der Waals surface area contributed by atoms with Crippen LogP contribution in [0, 0.1) is 6.92 Å². The smallest absolute Gasteiger partial charge is 0.340 e. The number of aromatic carboxylic acids is 1. The lowest BCUT2D eigenvalue weighted by Crippen LogP contribution is -2.01. The zero-order chi connectivity index (χ0) is 13.3. The summed E-state index contributed by atoms with van der Waals surface area (Å²) in [5.41, 5.74) is 0.636. The lowest BCUT2D eigenvalue weighted by atomic mass is 10.0. The summed E-state index contributed by atoms with van der Waals surface area (Å²) < 4.78 is 5.40. The van der Waals surface area contributed by atoms with Gasteiger partial charge in [-0.3, -0.25) is 0 Å². The van der Waals surface area contributed by atoms with E-state index in [4.69, 9.17) is 21.1 Å². The third kappa shape index (κ3) is 2.12. The Balaban J connectivity index is 2.82. The van der Waals surface area contributed by atoms with Crippen molar-refractivity contribution in [1.29, 1.82) is 0 Å². The van der Waals surface area contributed by atoms with Crippen molar-refractivity contribution in [1.82, 2.24) is 0 Å². The number of aryl methyl sites for hydroxylation is 1. The molecule has 18 heavy (non-hydrogen) atoms. The van der Waals surface area contributed by atoms with Crippen LogP contribution in [0.5, 0.6) is 0 Å². The van der Waals surface area contributed by atoms with Gasteiger partial charge in [0.15, 0.2) is 0 Å². The molecule has 0 radical (unpaired) electrons. The quantitative estimate of drug-likeness (QED) is 0.895. The van der Waals surface area contributed by atoms with Gasteiger partial charge in [-0.2, -0.15) is 0 Å². The summed E-state index contributed by atoms with van der Waals surface area (Å²) in [6.45, 7) is 1.55. The minimum absolute atomic E-state index is 0.00954. The molecule has 1 heterocycles. The number of rotatable bonds is 3. The van der Waals surface area contributed by atoms with Crippen molar-refractivity contribution < 1.29 is 19.4 Å². The Bertz CT molecular complexity index is 640. The van der Waals surface area contributed by atoms with E-state index in [1.54, 1.807) is 19.1 Å². The molecule has 0 unspecified atom stereocenters. The van der Waals surface area contributed by atoms with Gasteiger partial charge in [-0.25, -0.2) is 4.79 Å². The van der Waals surface area contributed by atoms with Gasteiger partial charge < -0.3 is 14.6 Å². The first-order valence-electron chi connectivity index (χ1n) is 5.28. The number of carboxylic acids is 1. The van der Waals surface area contributed by atoms with Gasteiger partial charge in [0, 0.05) is 16.0 Å². The Morgan fingerprint density at radius 3 is 2.83 bits per heavy atom. The molecule has 0 saturated carbocycles. The summed E-state index contributed by atoms with van der Waals surface area (Å²) in [5, 5.41) is 19.0. The maximum atomic E-state index is 11.3. The van der Waals surface area contributed by atoms with Crippen LogP contribution in [0.3, 0.4) is 0 Å². The van der Waals surface area contributed by atoms with Crippen molar-refractivity contribution in [3.8, 4) is 0 Å². The highest BCUT2D eigenvalue weighted by Crippen LogP contribution is 2.32. The van der Waals surface area contributed by atoms with Crippen LogP contribution in [0.1, 0.15) is 21.7 Å². The molecule has 0 amide bonds. The maximum Gasteiger partial charge on any atom is 0.340 e. The van der Waals surface area contributed by atoms with Gasteiger partial charge in [0.2, 0.25) is 0 Å². The molecular weight excluding hydrogens is 256 g/mol. The summed E-state index contributed by atoms with van der Waals surface area (Å²) in [6, 6.07) is 3.38. The van der Waals surface area contributed by atoms with E-state index in [1.807, 2.05) is 0 Å². The number of halogens is 1. The Morgan fingerprint density at radius 1 is 1.50 bits per heavy atom. The highest BCUT2D eigenvalue weighted by Gasteiger charge is 2.19. The molecule has 2 N–H and O–H groups in total. The monoisotopic (exact) mass is 266 g/mol. The van der Waals surface area contributed by atoms with E-state index in [9.17, 15) is 9.90 Å². The number of aliphatic hydroxyl groups excluding tert-OH is 1. The van der Waals surface area contributed by atoms with Crippen molar-refractivity contribution in [3.63, 3.8) is 0 Å². The van der Waals surface area contributed by atoms with Crippen LogP contribution in [0.2, 0.25) is 5.02 Å². The summed E-state index contributed by atoms with van der Waals surface area (Å²) in [6.07, 6.45) is 2.90. The second kappa shape index (κ2) is 4.84. The van der Waals surface area contributed by atoms with Gasteiger partial charge in [-0.15, -0.1) is 0 Å². The SMILES string of the molecule is Cc1cc2cc(Cl)c(/C=C/CO)c(C(=O)O)c2o1. The largest absolute Gasteiger partial charge is 0.478 e. The normalized spacial score (nSPS) is 11.5. The summed E-state index contributed by atoms with van der Waals surface area (Å²) in [4.78, 5) is 11.3. The number of aliphatic hydroxyl groups is 1. The molecule has 1 aromatic heterocycles. The van der Waals surface area contributed by atoms with Crippen molar-refractivity contribution in [2.24, 2.45) is 0 Å². The number of furan rings is 1. The third-order valence-electron chi connectivity index (χ3n) is 2.52. The number of benzene rings is 1. The van der Waals surface area contributed by atoms with E-state index in [0.29, 0.717) is 27.3 Å². The molecule has 4 nitrogen and oxygen atoms in total. The number of hydrogen-bond acceptors (Lipinski definition) is 3. The third-order valence-corrected chi connectivity index (χ3v) is 2.84. The molecule has 0 aliphatic carbocycles. The zero-order valence-corrected chi connectivity index (χ0v) is 10.4. The Hall–Kier alpha value is -1.78. The van der Waals surface area contributed by atoms with Crippen LogP contribution in [0.4, 0.5) is 0 Å². The van der Waals surface area contributed by atoms with E-state index < -0.39 is 5.97 Å². The molecular formula is C13H11ClO4. The van der Waals surface area contributed by atoms with Crippen LogP contribution in [0.25, 0.3) is 17.0 Å². The minimum atomic E-state index is -1.12. The van der Waals surface area contributed by atoms with Crippen molar-refractivity contribution in [2.45, 2.75) is 6.92 Å². The molecule has 5 heteroatoms. The van der Waals surface area contributed by atoms with Crippen LogP contribution in [-0.2, 0) is 0 Å². The van der Waals surface area contributed by atoms with E-state index in [2.05, 4.69) is 0 Å². The molecule has 1 aromatic carbocycles. The fourth-order valence-corrected chi connectivity index (χ4v) is 2.11. The first-order valence-corrected chi connectivity index (χ1v) is 5.65. The van der Waals surface area contributed by atoms with Gasteiger partial charge in [0.1, 0.15) is 16.9 Å². The number of carboxylic acid groups (broad SMARTS) is 1. The molecule has 0 fully saturated rings. The minimum Gasteiger partial charge on any atom is -0.478 e. The van der Waals surface area contributed by atoms with Gasteiger partial charge in [-0.1, -0.05) is 23.8 Å². The van der Waals surface area contributed by atoms with E-state index in [0.717, 1.165) is 0 Å². The second-order valence-electron chi connectivity index (χ2n) is 3.81. The topological polar surface area (TPSA) is 70.7 Å². The molecule has 0 atom stereocenters. The molecule has 0 bridgehead atoms. The lowest BCUT2D eigenvalue weighted by molar-refractivity contribution is 0.0697. The Labute approximate surface area is 108 Å². The standard InChI is InChI=1S/C13H11ClO4/c1-7-5-8-6-10(14)9(3-2-4-15)11(13(16)17)12(8)18-7/h2-3,5-6,15H,4H2,1H3,(H,16,17)/b3-2+. The summed E-state index contributed by atoms with van der Waals surface area (Å²) >= 11 is 6.06. The number of hydrogen-bond donors (Lipinski definition) is 2. The van der Waals surface area contributed by atoms with Crippen LogP contribution < -0.4 is 0 Å². The van der Waals surface area contributed by atoms with Gasteiger partial charge in [0.05, 0.1) is 6.61 Å². The van der Waals surface area contributed by atoms with Crippen LogP contribution in [0.15, 0.2) is 22.6 Å². The van der Waals surface area contributed by atoms with Gasteiger partial charge in [-0.05, 0) is 19.1 Å². The molecule has 0 saturated heterocycles. The van der Waals surface area contributed by atoms with Crippen molar-refractivity contribution in [2.75, 3.05) is 6.61 Å². The van der Waals surface area contributed by atoms with E-state index in [-0.39, 0.29) is 12.2 Å². The number of carbonyl (C=O) groups is 1. The predicted molar refractivity (Wildman–Crippen MR) is 69.0 cm³/mol. The second-order valence-corrected chi connectivity index (χ2v) is 4.22. The fourth-order valence-electron chi connectivity index (χ4n) is 1.84. The molecule has 0 aliphatic rings. The van der Waals surface area contributed by atoms with Gasteiger partial charge in [0.25, 0.3) is 0 Å². The molecule has 0 spiro atoms. The summed E-state index contributed by atoms with van der Waals surface area (Å²) in [7, 11) is 0. The maximum absolute atomic E-state index is 11.3. The highest BCUT2D eigenvalue weighted by atomic mass is 35.5. The van der Waals surface area contributed by atoms with Gasteiger partial charge >= 0.3 is 5.97 Å². The zero-order valence-electron chi connectivity index (χ0n) is 9.61. The van der Waals surface area contributed by atoms with Crippen LogP contribution in [-0.4, -0.2) is 22.8 Å².